The van der Waals surface area contributed by atoms with Crippen molar-refractivity contribution in [3.63, 3.8) is 0 Å². The number of nitrogens with two attached hydrogens (primary N) is 1. The molecule has 0 aromatic carbocycles. The first-order valence-corrected chi connectivity index (χ1v) is 6.69. The molecule has 0 spiro atoms. The molecule has 0 saturated carbocycles. The summed E-state index contributed by atoms with van der Waals surface area (Å²) in [6.45, 7) is 2.81. The van der Waals surface area contributed by atoms with Crippen LogP contribution in [0.1, 0.15) is 20.1 Å². The molecule has 0 aliphatic carbocycles. The second-order valence-electron chi connectivity index (χ2n) is 5.64. The van der Waals surface area contributed by atoms with E-state index in [1.54, 1.807) is 0 Å². The Bertz CT molecular complexity index is 767. The summed E-state index contributed by atoms with van der Waals surface area (Å²) in [6.07, 6.45) is -3.13. The lowest BCUT2D eigenvalue weighted by atomic mass is 9.94. The van der Waals surface area contributed by atoms with Crippen molar-refractivity contribution in [2.75, 3.05) is 5.73 Å². The Morgan fingerprint density at radius 3 is 2.86 bits per heavy atom. The average Bonchev–Trinajstić information content (AvgIpc) is 2.91. The van der Waals surface area contributed by atoms with Gasteiger partial charge in [-0.1, -0.05) is 0 Å². The number of anilines is 1. The molecule has 2 unspecified atom stereocenters. The van der Waals surface area contributed by atoms with Crippen LogP contribution in [0.2, 0.25) is 0 Å². The Balaban J connectivity index is 2.13. The number of fused-ring (bicyclic) bond motifs is 1. The van der Waals surface area contributed by atoms with Gasteiger partial charge in [-0.2, -0.15) is 4.98 Å². The van der Waals surface area contributed by atoms with Crippen LogP contribution in [0, 0.1) is 0 Å². The quantitative estimate of drug-likeness (QED) is 0.429. The molecule has 1 aliphatic rings. The Labute approximate surface area is 124 Å². The van der Waals surface area contributed by atoms with Crippen LogP contribution in [0.15, 0.2) is 11.1 Å². The molecule has 0 radical (unpaired) electrons. The van der Waals surface area contributed by atoms with E-state index in [1.807, 2.05) is 0 Å². The van der Waals surface area contributed by atoms with Crippen LogP contribution in [0.25, 0.3) is 11.2 Å². The summed E-state index contributed by atoms with van der Waals surface area (Å²) in [5.74, 6) is -0.107. The van der Waals surface area contributed by atoms with Gasteiger partial charge in [0.25, 0.3) is 5.56 Å². The molecule has 2 aromatic rings. The van der Waals surface area contributed by atoms with E-state index >= 15 is 0 Å². The highest BCUT2D eigenvalue weighted by Crippen LogP contribution is 2.40. The second-order valence-corrected chi connectivity index (χ2v) is 5.64. The molecule has 120 valence electrons. The molecule has 0 bridgehead atoms. The first-order valence-electron chi connectivity index (χ1n) is 6.69. The van der Waals surface area contributed by atoms with E-state index in [2.05, 4.69) is 15.0 Å². The predicted octanol–water partition coefficient (Wildman–Crippen LogP) is -1.91. The number of H-pyrrole nitrogens is 1. The zero-order valence-electron chi connectivity index (χ0n) is 12.0. The molecule has 1 aliphatic heterocycles. The summed E-state index contributed by atoms with van der Waals surface area (Å²) in [4.78, 5) is 22.0. The Morgan fingerprint density at radius 1 is 1.59 bits per heavy atom. The maximum atomic E-state index is 11.8. The molecule has 2 aromatic heterocycles. The van der Waals surface area contributed by atoms with Gasteiger partial charge < -0.3 is 25.8 Å². The number of aliphatic hydroxyl groups is 3. The van der Waals surface area contributed by atoms with Gasteiger partial charge in [0.05, 0.1) is 12.4 Å². The van der Waals surface area contributed by atoms with E-state index < -0.39 is 35.7 Å². The summed E-state index contributed by atoms with van der Waals surface area (Å²) < 4.78 is 6.87. The van der Waals surface area contributed by atoms with Crippen LogP contribution in [-0.4, -0.2) is 58.8 Å². The first kappa shape index (κ1) is 14.9. The molecule has 3 heterocycles. The van der Waals surface area contributed by atoms with E-state index in [-0.39, 0.29) is 17.1 Å². The zero-order chi connectivity index (χ0) is 16.2. The maximum Gasteiger partial charge on any atom is 0.280 e. The number of ether oxygens (including phenoxy) is 1. The molecular formula is C12H17N5O5. The lowest BCUT2D eigenvalue weighted by Gasteiger charge is -2.27. The fourth-order valence-corrected chi connectivity index (χ4v) is 2.68. The normalized spacial score (nSPS) is 33.4. The van der Waals surface area contributed by atoms with Gasteiger partial charge in [0.1, 0.15) is 17.8 Å². The molecular weight excluding hydrogens is 294 g/mol. The number of nitrogen functional groups attached to an aromatic ring is 1. The lowest BCUT2D eigenvalue weighted by Crippen LogP contribution is -2.45. The first-order chi connectivity index (χ1) is 10.2. The zero-order valence-corrected chi connectivity index (χ0v) is 12.0. The molecule has 1 saturated heterocycles. The van der Waals surface area contributed by atoms with E-state index in [1.165, 1.54) is 24.7 Å². The summed E-state index contributed by atoms with van der Waals surface area (Å²) in [5.41, 5.74) is 3.43. The third-order valence-corrected chi connectivity index (χ3v) is 3.87. The topological polar surface area (TPSA) is 160 Å². The van der Waals surface area contributed by atoms with Crippen molar-refractivity contribution < 1.29 is 20.1 Å². The standard InChI is InChI=1S/C12H17N5O5/c1-4(18)6-7(19)12(2,21)10(22-6)17-3-14-5-8(17)15-11(13)16-9(5)20/h3-4,6-7,10,18-19,21H,1-2H3,(H3,13,15,16,20)/t4?,6?,7-,10-,12-/m1/s1. The van der Waals surface area contributed by atoms with Crippen molar-refractivity contribution in [1.82, 2.24) is 19.5 Å². The van der Waals surface area contributed by atoms with Crippen molar-refractivity contribution in [3.05, 3.63) is 16.7 Å². The van der Waals surface area contributed by atoms with Gasteiger partial charge in [-0.15, -0.1) is 0 Å². The molecule has 6 N–H and O–H groups in total. The van der Waals surface area contributed by atoms with Crippen molar-refractivity contribution in [1.29, 1.82) is 0 Å². The van der Waals surface area contributed by atoms with Gasteiger partial charge in [0.15, 0.2) is 17.4 Å². The van der Waals surface area contributed by atoms with E-state index in [0.717, 1.165) is 0 Å². The summed E-state index contributed by atoms with van der Waals surface area (Å²) in [7, 11) is 0. The molecule has 10 heteroatoms. The highest BCUT2D eigenvalue weighted by molar-refractivity contribution is 5.70. The largest absolute Gasteiger partial charge is 0.391 e. The fourth-order valence-electron chi connectivity index (χ4n) is 2.68. The Morgan fingerprint density at radius 2 is 2.27 bits per heavy atom. The lowest BCUT2D eigenvalue weighted by molar-refractivity contribution is -0.0987. The Kier molecular flexibility index (Phi) is 3.22. The number of aromatic nitrogens is 4. The number of nitrogens with one attached hydrogen (secondary N) is 1. The van der Waals surface area contributed by atoms with Gasteiger partial charge >= 0.3 is 0 Å². The van der Waals surface area contributed by atoms with Crippen molar-refractivity contribution in [2.24, 2.45) is 0 Å². The number of hydrogen-bond donors (Lipinski definition) is 5. The van der Waals surface area contributed by atoms with Gasteiger partial charge in [0.2, 0.25) is 5.95 Å². The molecule has 0 amide bonds. The van der Waals surface area contributed by atoms with Crippen LogP contribution < -0.4 is 11.3 Å². The van der Waals surface area contributed by atoms with Crippen LogP contribution in [-0.2, 0) is 4.74 Å². The molecule has 10 nitrogen and oxygen atoms in total. The van der Waals surface area contributed by atoms with Gasteiger partial charge in [-0.25, -0.2) is 4.98 Å². The number of hydrogen-bond acceptors (Lipinski definition) is 8. The minimum absolute atomic E-state index is 0.0311. The SMILES string of the molecule is CC(O)C1O[C@@H](n2cnc3c(=O)[nH]c(N)nc32)[C@](C)(O)[C@@H]1O. The van der Waals surface area contributed by atoms with Crippen molar-refractivity contribution in [3.8, 4) is 0 Å². The van der Waals surface area contributed by atoms with Gasteiger partial charge in [0, 0.05) is 0 Å². The highest BCUT2D eigenvalue weighted by Gasteiger charge is 2.54. The third kappa shape index (κ3) is 2.00. The van der Waals surface area contributed by atoms with Crippen LogP contribution >= 0.6 is 0 Å². The predicted molar refractivity (Wildman–Crippen MR) is 74.8 cm³/mol. The number of nitrogens with zero attached hydrogens (tertiary/aromatic N) is 3. The van der Waals surface area contributed by atoms with Crippen molar-refractivity contribution in [2.45, 2.75) is 44.0 Å². The van der Waals surface area contributed by atoms with Gasteiger partial charge in [-0.05, 0) is 13.8 Å². The minimum atomic E-state index is -1.71. The second kappa shape index (κ2) is 4.74. The smallest absolute Gasteiger partial charge is 0.280 e. The van der Waals surface area contributed by atoms with E-state index in [0.29, 0.717) is 0 Å². The van der Waals surface area contributed by atoms with Crippen LogP contribution in [0.5, 0.6) is 0 Å². The van der Waals surface area contributed by atoms with E-state index in [4.69, 9.17) is 10.5 Å². The summed E-state index contributed by atoms with van der Waals surface area (Å²) in [5, 5.41) is 30.3. The molecule has 22 heavy (non-hydrogen) atoms. The van der Waals surface area contributed by atoms with Crippen molar-refractivity contribution >= 4 is 17.1 Å². The third-order valence-electron chi connectivity index (χ3n) is 3.87. The monoisotopic (exact) mass is 311 g/mol. The van der Waals surface area contributed by atoms with Gasteiger partial charge in [-0.3, -0.25) is 14.3 Å². The minimum Gasteiger partial charge on any atom is -0.391 e. The highest BCUT2D eigenvalue weighted by atomic mass is 16.6. The number of rotatable bonds is 2. The average molecular weight is 311 g/mol. The van der Waals surface area contributed by atoms with Crippen LogP contribution in [0.3, 0.4) is 0 Å². The summed E-state index contributed by atoms with van der Waals surface area (Å²) in [6, 6.07) is 0. The van der Waals surface area contributed by atoms with E-state index in [9.17, 15) is 20.1 Å². The molecule has 5 atom stereocenters. The van der Waals surface area contributed by atoms with Crippen LogP contribution in [0.4, 0.5) is 5.95 Å². The number of aromatic amines is 1. The number of aliphatic hydroxyl groups excluding tert-OH is 2. The molecule has 1 fully saturated rings. The Hall–Kier alpha value is -2.01. The maximum absolute atomic E-state index is 11.8. The molecule has 3 rings (SSSR count). The number of imidazole rings is 1. The fraction of sp³-hybridized carbons (Fsp3) is 0.583. The summed E-state index contributed by atoms with van der Waals surface area (Å²) >= 11 is 0.